The molecule has 0 aliphatic heterocycles. The Balaban J connectivity index is 0. The molecule has 0 N–H and O–H groups in total. The van der Waals surface area contributed by atoms with Crippen molar-refractivity contribution in [2.45, 2.75) is 0 Å². The van der Waals surface area contributed by atoms with Crippen LogP contribution in [0.15, 0.2) is 0 Å². The van der Waals surface area contributed by atoms with Crippen LogP contribution >= 0.6 is 0 Å². The first kappa shape index (κ1) is 51.1. The van der Waals surface area contributed by atoms with Gasteiger partial charge >= 0.3 is 78.1 Å². The first-order chi connectivity index (χ1) is 0. The van der Waals surface area contributed by atoms with Crippen molar-refractivity contribution in [2.24, 2.45) is 0 Å². The zero-order valence-electron chi connectivity index (χ0n) is 1.93. The molecule has 35 valence electrons. The molecule has 0 aliphatic rings. The molecule has 0 saturated carbocycles. The Hall–Kier alpha value is 2.48. The molecule has 0 aromatic heterocycles. The fourth-order valence-electron chi connectivity index (χ4n) is 0. The second kappa shape index (κ2) is 31.7. The summed E-state index contributed by atoms with van der Waals surface area (Å²) in [4.78, 5) is 0. The van der Waals surface area contributed by atoms with Gasteiger partial charge in [0.2, 0.25) is 0 Å². The summed E-state index contributed by atoms with van der Waals surface area (Å²) in [6.07, 6.45) is 0. The van der Waals surface area contributed by atoms with E-state index in [1.54, 1.807) is 0 Å². The van der Waals surface area contributed by atoms with Gasteiger partial charge in [-0.3, -0.25) is 0 Å². The van der Waals surface area contributed by atoms with Gasteiger partial charge in [0.25, 0.3) is 0 Å². The van der Waals surface area contributed by atoms with Crippen LogP contribution in [0, 0.1) is 78.1 Å². The summed E-state index contributed by atoms with van der Waals surface area (Å²) in [5.74, 6) is 0. The second-order valence-electron chi connectivity index (χ2n) is 0. The molecule has 0 saturated heterocycles. The van der Waals surface area contributed by atoms with Crippen molar-refractivity contribution in [2.75, 3.05) is 0 Å². The quantitative estimate of drug-likeness (QED) is 0.527. The first-order valence-corrected chi connectivity index (χ1v) is 0. The Morgan fingerprint density at radius 3 is 0.600 bits per heavy atom. The smallest absolute Gasteiger partial charge is 2.00 e. The van der Waals surface area contributed by atoms with E-state index >= 15 is 0 Å². The van der Waals surface area contributed by atoms with Crippen molar-refractivity contribution < 1.29 is 94.6 Å². The average Bonchev–Trinajstić information content (AvgIpc) is 0. The molecule has 1 radical (unpaired) electrons. The van der Waals surface area contributed by atoms with E-state index in [0.717, 1.165) is 0 Å². The summed E-state index contributed by atoms with van der Waals surface area (Å²) in [6, 6.07) is 0. The Morgan fingerprint density at radius 2 is 0.600 bits per heavy atom. The van der Waals surface area contributed by atoms with Crippen molar-refractivity contribution in [1.29, 1.82) is 0 Å². The van der Waals surface area contributed by atoms with Gasteiger partial charge in [-0.05, 0) is 0 Å². The Labute approximate surface area is 92.5 Å². The topological polar surface area (TPSA) is 85.5 Å². The third-order valence-corrected chi connectivity index (χ3v) is 0. The molecule has 0 heterocycles. The van der Waals surface area contributed by atoms with Crippen molar-refractivity contribution in [3.05, 3.63) is 0 Å². The van der Waals surface area contributed by atoms with Crippen molar-refractivity contribution in [3.63, 3.8) is 0 Å². The van der Waals surface area contributed by atoms with E-state index in [4.69, 9.17) is 0 Å². The van der Waals surface area contributed by atoms with E-state index in [9.17, 15) is 0 Å². The normalized spacial score (nSPS) is 0. The van der Waals surface area contributed by atoms with Crippen LogP contribution in [0.3, 0.4) is 0 Å². The summed E-state index contributed by atoms with van der Waals surface area (Å²) < 4.78 is 0. The fourth-order valence-corrected chi connectivity index (χ4v) is 0. The largest absolute Gasteiger partial charge is 3.00 e. The maximum absolute atomic E-state index is 0. The van der Waals surface area contributed by atoms with Gasteiger partial charge in [-0.25, -0.2) is 0 Å². The van der Waals surface area contributed by atoms with Crippen LogP contribution < -0.4 is 0 Å². The Morgan fingerprint density at radius 1 is 0.600 bits per heavy atom. The standard InChI is InChI=1S/Ho.3O.Sm/q+3;3*-2;+3. The molecule has 0 aliphatic carbocycles. The molecule has 0 rings (SSSR count). The van der Waals surface area contributed by atoms with Gasteiger partial charge in [-0.2, -0.15) is 0 Å². The number of hydrogen-bond acceptors (Lipinski definition) is 0. The maximum atomic E-state index is 0. The van der Waals surface area contributed by atoms with Gasteiger partial charge in [-0.15, -0.1) is 0 Å². The third kappa shape index (κ3) is 21.2. The molecule has 0 amide bonds. The maximum Gasteiger partial charge on any atom is 3.00 e. The monoisotopic (exact) mass is 365 g/mol. The zero-order valence-corrected chi connectivity index (χ0v) is 6.49. The summed E-state index contributed by atoms with van der Waals surface area (Å²) in [6.45, 7) is 0. The van der Waals surface area contributed by atoms with E-state index in [1.807, 2.05) is 0 Å². The van der Waals surface area contributed by atoms with Gasteiger partial charge in [0.1, 0.15) is 0 Å². The molecular formula is HoO3Sm. The van der Waals surface area contributed by atoms with Gasteiger partial charge in [0, 0.05) is 0 Å². The summed E-state index contributed by atoms with van der Waals surface area (Å²) in [5.41, 5.74) is 0. The SMILES string of the molecule is [Ho+3].[O-2].[O-2].[O-2].[Sm+3]. The van der Waals surface area contributed by atoms with Gasteiger partial charge in [0.15, 0.2) is 0 Å². The Kier molecular flexibility index (Phi) is 324. The molecule has 5 heteroatoms. The molecule has 0 bridgehead atoms. The summed E-state index contributed by atoms with van der Waals surface area (Å²) in [7, 11) is 0. The summed E-state index contributed by atoms with van der Waals surface area (Å²) >= 11 is 0. The molecule has 0 unspecified atom stereocenters. The van der Waals surface area contributed by atoms with Crippen LogP contribution in [0.5, 0.6) is 0 Å². The second-order valence-corrected chi connectivity index (χ2v) is 0. The van der Waals surface area contributed by atoms with Crippen LogP contribution in [-0.4, -0.2) is 0 Å². The van der Waals surface area contributed by atoms with E-state index in [2.05, 4.69) is 0 Å². The predicted octanol–water partition coefficient (Wildman–Crippen LogP) is -0.356. The molecule has 0 aromatic carbocycles. The fraction of sp³-hybridized carbons (Fsp3) is 0. The molecule has 0 fully saturated rings. The van der Waals surface area contributed by atoms with E-state index < -0.39 is 0 Å². The van der Waals surface area contributed by atoms with Crippen LogP contribution in [0.25, 0.3) is 0 Å². The van der Waals surface area contributed by atoms with Gasteiger partial charge in [0.05, 0.1) is 0 Å². The van der Waals surface area contributed by atoms with E-state index in [0.29, 0.717) is 0 Å². The van der Waals surface area contributed by atoms with E-state index in [-0.39, 0.29) is 94.6 Å². The van der Waals surface area contributed by atoms with E-state index in [1.165, 1.54) is 0 Å². The van der Waals surface area contributed by atoms with Gasteiger partial charge < -0.3 is 16.4 Å². The van der Waals surface area contributed by atoms with Crippen LogP contribution in [-0.2, 0) is 16.4 Å². The minimum Gasteiger partial charge on any atom is -2.00 e. The zero-order chi connectivity index (χ0) is 0. The minimum absolute atomic E-state index is 0. The van der Waals surface area contributed by atoms with Gasteiger partial charge in [-0.1, -0.05) is 0 Å². The Bertz CT molecular complexity index is 6.85. The average molecular weight is 363 g/mol. The first-order valence-electron chi connectivity index (χ1n) is 0. The minimum atomic E-state index is 0. The molecule has 0 aromatic rings. The summed E-state index contributed by atoms with van der Waals surface area (Å²) in [5, 5.41) is 0. The van der Waals surface area contributed by atoms with Crippen molar-refractivity contribution >= 4 is 0 Å². The third-order valence-electron chi connectivity index (χ3n) is 0. The molecule has 3 nitrogen and oxygen atoms in total. The van der Waals surface area contributed by atoms with Crippen molar-refractivity contribution in [1.82, 2.24) is 0 Å². The molecule has 0 atom stereocenters. The van der Waals surface area contributed by atoms with Crippen LogP contribution in [0.4, 0.5) is 0 Å². The molecule has 0 spiro atoms. The molecular weight excluding hydrogens is 363 g/mol. The number of rotatable bonds is 0. The van der Waals surface area contributed by atoms with Crippen LogP contribution in [0.1, 0.15) is 0 Å². The molecule has 5 heavy (non-hydrogen) atoms. The predicted molar refractivity (Wildman–Crippen MR) is 2.06 cm³/mol. The van der Waals surface area contributed by atoms with Crippen molar-refractivity contribution in [3.8, 4) is 0 Å². The van der Waals surface area contributed by atoms with Crippen LogP contribution in [0.2, 0.25) is 0 Å². The number of hydrogen-bond donors (Lipinski definition) is 0.